The summed E-state index contributed by atoms with van der Waals surface area (Å²) in [5.74, 6) is 0.787. The molecule has 0 aliphatic heterocycles. The van der Waals surface area contributed by atoms with Crippen molar-refractivity contribution in [1.29, 1.82) is 0 Å². The van der Waals surface area contributed by atoms with E-state index in [2.05, 4.69) is 21.2 Å². The molecule has 3 nitrogen and oxygen atoms in total. The molecule has 0 radical (unpaired) electrons. The summed E-state index contributed by atoms with van der Waals surface area (Å²) in [4.78, 5) is 0. The van der Waals surface area contributed by atoms with Gasteiger partial charge in [-0.1, -0.05) is 34.1 Å². The topological polar surface area (TPSA) is 41.5 Å². The average Bonchev–Trinajstić information content (AvgIpc) is 2.45. The number of benzene rings is 2. The molecule has 0 aromatic heterocycles. The fourth-order valence-corrected chi connectivity index (χ4v) is 2.82. The van der Waals surface area contributed by atoms with Crippen molar-refractivity contribution in [3.8, 4) is 5.75 Å². The Balaban J connectivity index is 2.23. The zero-order chi connectivity index (χ0) is 14.5. The second-order valence-corrected chi connectivity index (χ2v) is 5.49. The molecule has 1 unspecified atom stereocenters. The number of aliphatic hydroxyl groups excluding tert-OH is 1. The fraction of sp³-hybridized carbons (Fsp3) is 0.250. The lowest BCUT2D eigenvalue weighted by Crippen LogP contribution is -2.15. The van der Waals surface area contributed by atoms with Crippen molar-refractivity contribution in [2.45, 2.75) is 13.0 Å². The summed E-state index contributed by atoms with van der Waals surface area (Å²) in [7, 11) is 1.64. The first-order chi connectivity index (χ1) is 9.63. The van der Waals surface area contributed by atoms with Crippen LogP contribution in [0.2, 0.25) is 0 Å². The average molecular weight is 336 g/mol. The second-order valence-electron chi connectivity index (χ2n) is 4.64. The molecule has 0 amide bonds. The molecule has 2 aromatic rings. The van der Waals surface area contributed by atoms with Gasteiger partial charge in [-0.25, -0.2) is 0 Å². The van der Waals surface area contributed by atoms with E-state index >= 15 is 0 Å². The zero-order valence-electron chi connectivity index (χ0n) is 11.6. The van der Waals surface area contributed by atoms with Crippen molar-refractivity contribution in [2.75, 3.05) is 19.0 Å². The summed E-state index contributed by atoms with van der Waals surface area (Å²) < 4.78 is 6.20. The predicted octanol–water partition coefficient (Wildman–Crippen LogP) is 3.91. The number of aryl methyl sites for hydroxylation is 1. The summed E-state index contributed by atoms with van der Waals surface area (Å²) in [6.45, 7) is 2.05. The molecule has 2 N–H and O–H groups in total. The van der Waals surface area contributed by atoms with Gasteiger partial charge in [0.15, 0.2) is 0 Å². The Kier molecular flexibility index (Phi) is 5.04. The van der Waals surface area contributed by atoms with Crippen molar-refractivity contribution in [3.05, 3.63) is 58.1 Å². The van der Waals surface area contributed by atoms with E-state index in [4.69, 9.17) is 4.74 Å². The molecule has 1 atom stereocenters. The lowest BCUT2D eigenvalue weighted by atomic mass is 10.1. The minimum Gasteiger partial charge on any atom is -0.497 e. The third-order valence-corrected chi connectivity index (χ3v) is 3.81. The minimum atomic E-state index is -0.169. The highest BCUT2D eigenvalue weighted by atomic mass is 79.9. The Bertz CT molecular complexity index is 586. The Labute approximate surface area is 127 Å². The Morgan fingerprint density at radius 1 is 1.25 bits per heavy atom. The summed E-state index contributed by atoms with van der Waals surface area (Å²) >= 11 is 3.55. The number of anilines is 1. The maximum Gasteiger partial charge on any atom is 0.120 e. The lowest BCUT2D eigenvalue weighted by molar-refractivity contribution is 0.276. The second kappa shape index (κ2) is 6.77. The van der Waals surface area contributed by atoms with E-state index in [0.717, 1.165) is 21.5 Å². The summed E-state index contributed by atoms with van der Waals surface area (Å²) in [5.41, 5.74) is 3.12. The van der Waals surface area contributed by atoms with Gasteiger partial charge in [0.1, 0.15) is 5.75 Å². The number of halogens is 1. The van der Waals surface area contributed by atoms with Gasteiger partial charge >= 0.3 is 0 Å². The van der Waals surface area contributed by atoms with Crippen LogP contribution in [-0.4, -0.2) is 18.8 Å². The quantitative estimate of drug-likeness (QED) is 0.870. The van der Waals surface area contributed by atoms with Crippen LogP contribution in [0.3, 0.4) is 0 Å². The molecular formula is C16H18BrNO2. The predicted molar refractivity (Wildman–Crippen MR) is 85.3 cm³/mol. The van der Waals surface area contributed by atoms with E-state index < -0.39 is 0 Å². The first-order valence-electron chi connectivity index (χ1n) is 6.41. The van der Waals surface area contributed by atoms with Crippen molar-refractivity contribution >= 4 is 21.6 Å². The number of methoxy groups -OCH3 is 1. The van der Waals surface area contributed by atoms with Gasteiger partial charge in [0, 0.05) is 16.2 Å². The summed E-state index contributed by atoms with van der Waals surface area (Å²) in [6.07, 6.45) is 0. The van der Waals surface area contributed by atoms with Crippen LogP contribution in [0, 0.1) is 6.92 Å². The third kappa shape index (κ3) is 3.52. The van der Waals surface area contributed by atoms with Crippen molar-refractivity contribution in [1.82, 2.24) is 0 Å². The van der Waals surface area contributed by atoms with Crippen LogP contribution in [0.25, 0.3) is 0 Å². The molecule has 106 valence electrons. The summed E-state index contributed by atoms with van der Waals surface area (Å²) in [5, 5.41) is 13.0. The van der Waals surface area contributed by atoms with Crippen molar-refractivity contribution < 1.29 is 9.84 Å². The van der Waals surface area contributed by atoms with E-state index in [0.29, 0.717) is 0 Å². The van der Waals surface area contributed by atoms with Crippen LogP contribution in [-0.2, 0) is 0 Å². The SMILES string of the molecule is COc1cccc(NC(CO)c2ccc(C)cc2Br)c1. The van der Waals surface area contributed by atoms with E-state index in [9.17, 15) is 5.11 Å². The van der Waals surface area contributed by atoms with Crippen LogP contribution >= 0.6 is 15.9 Å². The van der Waals surface area contributed by atoms with Crippen LogP contribution < -0.4 is 10.1 Å². The number of ether oxygens (including phenoxy) is 1. The molecule has 0 fully saturated rings. The maximum atomic E-state index is 9.65. The van der Waals surface area contributed by atoms with Gasteiger partial charge in [-0.05, 0) is 36.2 Å². The summed E-state index contributed by atoms with van der Waals surface area (Å²) in [6, 6.07) is 13.6. The molecule has 0 aliphatic carbocycles. The van der Waals surface area contributed by atoms with Gasteiger partial charge < -0.3 is 15.2 Å². The maximum absolute atomic E-state index is 9.65. The van der Waals surface area contributed by atoms with Gasteiger partial charge in [-0.15, -0.1) is 0 Å². The fourth-order valence-electron chi connectivity index (χ4n) is 2.05. The van der Waals surface area contributed by atoms with E-state index in [1.54, 1.807) is 7.11 Å². The molecule has 0 heterocycles. The molecule has 4 heteroatoms. The number of hydrogen-bond acceptors (Lipinski definition) is 3. The third-order valence-electron chi connectivity index (χ3n) is 3.12. The van der Waals surface area contributed by atoms with E-state index in [-0.39, 0.29) is 12.6 Å². The van der Waals surface area contributed by atoms with Gasteiger partial charge in [0.05, 0.1) is 19.8 Å². The van der Waals surface area contributed by atoms with Crippen LogP contribution in [0.5, 0.6) is 5.75 Å². The number of aliphatic hydroxyl groups is 1. The monoisotopic (exact) mass is 335 g/mol. The first kappa shape index (κ1) is 14.9. The van der Waals surface area contributed by atoms with Gasteiger partial charge in [-0.2, -0.15) is 0 Å². The lowest BCUT2D eigenvalue weighted by Gasteiger charge is -2.20. The Morgan fingerprint density at radius 2 is 2.05 bits per heavy atom. The molecule has 2 rings (SSSR count). The Hall–Kier alpha value is -1.52. The highest BCUT2D eigenvalue weighted by molar-refractivity contribution is 9.10. The van der Waals surface area contributed by atoms with Crippen molar-refractivity contribution in [2.24, 2.45) is 0 Å². The normalized spacial score (nSPS) is 12.0. The number of nitrogens with one attached hydrogen (secondary N) is 1. The van der Waals surface area contributed by atoms with Crippen LogP contribution in [0.1, 0.15) is 17.2 Å². The first-order valence-corrected chi connectivity index (χ1v) is 7.21. The molecule has 2 aromatic carbocycles. The smallest absolute Gasteiger partial charge is 0.120 e. The molecule has 0 spiro atoms. The molecule has 0 saturated carbocycles. The van der Waals surface area contributed by atoms with Crippen LogP contribution in [0.4, 0.5) is 5.69 Å². The van der Waals surface area contributed by atoms with Gasteiger partial charge in [0.25, 0.3) is 0 Å². The highest BCUT2D eigenvalue weighted by Crippen LogP contribution is 2.28. The van der Waals surface area contributed by atoms with E-state index in [1.165, 1.54) is 5.56 Å². The molecular weight excluding hydrogens is 318 g/mol. The van der Waals surface area contributed by atoms with Crippen LogP contribution in [0.15, 0.2) is 46.9 Å². The van der Waals surface area contributed by atoms with Gasteiger partial charge in [-0.3, -0.25) is 0 Å². The van der Waals surface area contributed by atoms with E-state index in [1.807, 2.05) is 49.4 Å². The standard InChI is InChI=1S/C16H18BrNO2/c1-11-6-7-14(15(17)8-11)16(10-19)18-12-4-3-5-13(9-12)20-2/h3-9,16,18-19H,10H2,1-2H3. The van der Waals surface area contributed by atoms with Crippen molar-refractivity contribution in [3.63, 3.8) is 0 Å². The number of rotatable bonds is 5. The molecule has 0 bridgehead atoms. The highest BCUT2D eigenvalue weighted by Gasteiger charge is 2.13. The number of hydrogen-bond donors (Lipinski definition) is 2. The molecule has 0 saturated heterocycles. The van der Waals surface area contributed by atoms with Gasteiger partial charge in [0.2, 0.25) is 0 Å². The molecule has 0 aliphatic rings. The minimum absolute atomic E-state index is 0.0128. The zero-order valence-corrected chi connectivity index (χ0v) is 13.1. The molecule has 20 heavy (non-hydrogen) atoms. The Morgan fingerprint density at radius 3 is 2.70 bits per heavy atom. The largest absolute Gasteiger partial charge is 0.497 e.